The quantitative estimate of drug-likeness (QED) is 0.166. The van der Waals surface area contributed by atoms with E-state index in [0.29, 0.717) is 37.8 Å². The summed E-state index contributed by atoms with van der Waals surface area (Å²) in [6, 6.07) is 15.9. The zero-order chi connectivity index (χ0) is 24.8. The molecule has 1 amide bonds. The maximum atomic E-state index is 12.7. The average Bonchev–Trinajstić information content (AvgIpc) is 2.80. The number of anilines is 1. The SMILES string of the molecule is COc1cc(/C=C(\C#N)C(=O)Nc2cc(Cl)ccc2C)cc(I)c1OCc1ccc(Cl)c(Cl)c1. The third kappa shape index (κ3) is 6.57. The van der Waals surface area contributed by atoms with Crippen LogP contribution in [0.2, 0.25) is 15.1 Å². The summed E-state index contributed by atoms with van der Waals surface area (Å²) in [7, 11) is 1.52. The molecule has 174 valence electrons. The van der Waals surface area contributed by atoms with Crippen molar-refractivity contribution in [2.45, 2.75) is 13.5 Å². The van der Waals surface area contributed by atoms with Crippen molar-refractivity contribution in [2.24, 2.45) is 0 Å². The van der Waals surface area contributed by atoms with Gasteiger partial charge in [0.25, 0.3) is 5.91 Å². The van der Waals surface area contributed by atoms with Crippen LogP contribution in [0.3, 0.4) is 0 Å². The van der Waals surface area contributed by atoms with Gasteiger partial charge in [0, 0.05) is 10.7 Å². The first-order chi connectivity index (χ1) is 16.2. The van der Waals surface area contributed by atoms with Gasteiger partial charge in [-0.1, -0.05) is 46.9 Å². The van der Waals surface area contributed by atoms with E-state index in [1.807, 2.05) is 19.1 Å². The molecule has 0 spiro atoms. The summed E-state index contributed by atoms with van der Waals surface area (Å²) in [5, 5.41) is 13.7. The van der Waals surface area contributed by atoms with E-state index in [0.717, 1.165) is 14.7 Å². The van der Waals surface area contributed by atoms with E-state index < -0.39 is 5.91 Å². The molecule has 0 unspecified atom stereocenters. The number of carbonyl (C=O) groups excluding carboxylic acids is 1. The van der Waals surface area contributed by atoms with E-state index in [1.165, 1.54) is 13.2 Å². The highest BCUT2D eigenvalue weighted by Crippen LogP contribution is 2.35. The third-order valence-electron chi connectivity index (χ3n) is 4.74. The highest BCUT2D eigenvalue weighted by Gasteiger charge is 2.15. The zero-order valence-corrected chi connectivity index (χ0v) is 22.5. The Morgan fingerprint density at radius 3 is 2.56 bits per heavy atom. The predicted octanol–water partition coefficient (Wildman–Crippen LogP) is 7.69. The Kier molecular flexibility index (Phi) is 9.09. The smallest absolute Gasteiger partial charge is 0.266 e. The van der Waals surface area contributed by atoms with E-state index >= 15 is 0 Å². The number of methoxy groups -OCH3 is 1. The van der Waals surface area contributed by atoms with Gasteiger partial charge >= 0.3 is 0 Å². The number of hydrogen-bond donors (Lipinski definition) is 1. The van der Waals surface area contributed by atoms with Gasteiger partial charge in [0.05, 0.1) is 20.7 Å². The van der Waals surface area contributed by atoms with Crippen LogP contribution in [-0.2, 0) is 11.4 Å². The van der Waals surface area contributed by atoms with Crippen LogP contribution in [0.25, 0.3) is 6.08 Å². The van der Waals surface area contributed by atoms with Crippen molar-refractivity contribution < 1.29 is 14.3 Å². The Morgan fingerprint density at radius 2 is 1.88 bits per heavy atom. The van der Waals surface area contributed by atoms with Crippen molar-refractivity contribution in [3.05, 3.63) is 89.4 Å². The van der Waals surface area contributed by atoms with Crippen LogP contribution in [0, 0.1) is 21.8 Å². The summed E-state index contributed by atoms with van der Waals surface area (Å²) in [6.07, 6.45) is 1.49. The summed E-state index contributed by atoms with van der Waals surface area (Å²) in [4.78, 5) is 12.7. The fraction of sp³-hybridized carbons (Fsp3) is 0.120. The molecule has 0 aliphatic rings. The Morgan fingerprint density at radius 1 is 1.12 bits per heavy atom. The van der Waals surface area contributed by atoms with Crippen molar-refractivity contribution in [1.82, 2.24) is 0 Å². The standard InChI is InChI=1S/C25H18Cl3IN2O3/c1-14-3-5-18(26)11-22(14)31-25(32)17(12-30)7-16-9-21(29)24(23(10-16)33-2)34-13-15-4-6-19(27)20(28)8-15/h3-11H,13H2,1-2H3,(H,31,32)/b17-7+. The number of carbonyl (C=O) groups is 1. The van der Waals surface area contributed by atoms with Crippen LogP contribution in [-0.4, -0.2) is 13.0 Å². The molecule has 0 saturated carbocycles. The molecule has 9 heteroatoms. The van der Waals surface area contributed by atoms with Crippen molar-refractivity contribution >= 4 is 75.1 Å². The molecule has 0 fully saturated rings. The van der Waals surface area contributed by atoms with Gasteiger partial charge in [-0.05, 0) is 88.7 Å². The number of nitriles is 1. The summed E-state index contributed by atoms with van der Waals surface area (Å²) in [5.41, 5.74) is 2.75. The molecule has 5 nitrogen and oxygen atoms in total. The lowest BCUT2D eigenvalue weighted by Gasteiger charge is -2.14. The van der Waals surface area contributed by atoms with Crippen LogP contribution in [0.1, 0.15) is 16.7 Å². The first kappa shape index (κ1) is 26.2. The van der Waals surface area contributed by atoms with Crippen LogP contribution in [0.15, 0.2) is 54.1 Å². The number of benzene rings is 3. The second-order valence-electron chi connectivity index (χ2n) is 7.15. The number of ether oxygens (including phenoxy) is 2. The summed E-state index contributed by atoms with van der Waals surface area (Å²) in [6.45, 7) is 2.09. The number of amides is 1. The van der Waals surface area contributed by atoms with E-state index in [1.54, 1.807) is 42.5 Å². The molecule has 1 N–H and O–H groups in total. The number of halogens is 4. The van der Waals surface area contributed by atoms with Crippen molar-refractivity contribution in [1.29, 1.82) is 5.26 Å². The van der Waals surface area contributed by atoms with Gasteiger partial charge in [-0.25, -0.2) is 0 Å². The van der Waals surface area contributed by atoms with Crippen LogP contribution >= 0.6 is 57.4 Å². The van der Waals surface area contributed by atoms with E-state index in [-0.39, 0.29) is 12.2 Å². The van der Waals surface area contributed by atoms with Crippen LogP contribution < -0.4 is 14.8 Å². The molecule has 34 heavy (non-hydrogen) atoms. The minimum Gasteiger partial charge on any atom is -0.493 e. The Bertz CT molecular complexity index is 1320. The predicted molar refractivity (Wildman–Crippen MR) is 145 cm³/mol. The molecule has 0 aliphatic carbocycles. The topological polar surface area (TPSA) is 71.3 Å². The average molecular weight is 628 g/mol. The lowest BCUT2D eigenvalue weighted by Crippen LogP contribution is -2.14. The fourth-order valence-electron chi connectivity index (χ4n) is 2.98. The first-order valence-corrected chi connectivity index (χ1v) is 12.1. The van der Waals surface area contributed by atoms with Gasteiger partial charge in [0.2, 0.25) is 0 Å². The van der Waals surface area contributed by atoms with Crippen molar-refractivity contribution in [3.63, 3.8) is 0 Å². The molecule has 3 aromatic rings. The molecule has 0 radical (unpaired) electrons. The normalized spacial score (nSPS) is 11.0. The molecule has 3 rings (SSSR count). The first-order valence-electron chi connectivity index (χ1n) is 9.85. The zero-order valence-electron chi connectivity index (χ0n) is 18.1. The van der Waals surface area contributed by atoms with Gasteiger partial charge in [0.15, 0.2) is 11.5 Å². The highest BCUT2D eigenvalue weighted by molar-refractivity contribution is 14.1. The minimum atomic E-state index is -0.540. The Labute approximate surface area is 226 Å². The second kappa shape index (κ2) is 11.8. The molecule has 0 atom stereocenters. The Hall–Kier alpha value is -2.44. The monoisotopic (exact) mass is 626 g/mol. The van der Waals surface area contributed by atoms with Gasteiger partial charge in [0.1, 0.15) is 18.2 Å². The molecule has 3 aromatic carbocycles. The Balaban J connectivity index is 1.83. The van der Waals surface area contributed by atoms with Gasteiger partial charge in [-0.3, -0.25) is 4.79 Å². The number of nitrogens with zero attached hydrogens (tertiary/aromatic N) is 1. The maximum Gasteiger partial charge on any atom is 0.266 e. The second-order valence-corrected chi connectivity index (χ2v) is 9.57. The fourth-order valence-corrected chi connectivity index (χ4v) is 4.26. The van der Waals surface area contributed by atoms with Gasteiger partial charge in [-0.15, -0.1) is 0 Å². The van der Waals surface area contributed by atoms with E-state index in [9.17, 15) is 10.1 Å². The lowest BCUT2D eigenvalue weighted by atomic mass is 10.1. The highest BCUT2D eigenvalue weighted by atomic mass is 127. The summed E-state index contributed by atoms with van der Waals surface area (Å²) in [5.74, 6) is 0.451. The summed E-state index contributed by atoms with van der Waals surface area (Å²) >= 11 is 20.2. The van der Waals surface area contributed by atoms with Crippen molar-refractivity contribution in [3.8, 4) is 17.6 Å². The molecule has 0 saturated heterocycles. The molecule has 0 heterocycles. The number of aryl methyl sites for hydroxylation is 1. The molecule has 0 aliphatic heterocycles. The molecular formula is C25H18Cl3IN2O3. The van der Waals surface area contributed by atoms with Gasteiger partial charge < -0.3 is 14.8 Å². The number of hydrogen-bond acceptors (Lipinski definition) is 4. The summed E-state index contributed by atoms with van der Waals surface area (Å²) < 4.78 is 12.2. The van der Waals surface area contributed by atoms with E-state index in [2.05, 4.69) is 27.9 Å². The lowest BCUT2D eigenvalue weighted by molar-refractivity contribution is -0.112. The van der Waals surface area contributed by atoms with Crippen molar-refractivity contribution in [2.75, 3.05) is 12.4 Å². The van der Waals surface area contributed by atoms with Crippen LogP contribution in [0.4, 0.5) is 5.69 Å². The molecule has 0 bridgehead atoms. The minimum absolute atomic E-state index is 0.0679. The largest absolute Gasteiger partial charge is 0.493 e. The third-order valence-corrected chi connectivity index (χ3v) is 6.52. The molecule has 0 aromatic heterocycles. The van der Waals surface area contributed by atoms with Gasteiger partial charge in [-0.2, -0.15) is 5.26 Å². The van der Waals surface area contributed by atoms with Crippen LogP contribution in [0.5, 0.6) is 11.5 Å². The number of rotatable bonds is 7. The van der Waals surface area contributed by atoms with E-state index in [4.69, 9.17) is 44.3 Å². The number of nitrogens with one attached hydrogen (secondary N) is 1. The maximum absolute atomic E-state index is 12.7. The molecular weight excluding hydrogens is 610 g/mol.